The maximum Gasteiger partial charge on any atom is 0.490 e. The average molecular weight is 462 g/mol. The molecule has 10 heteroatoms. The molecule has 1 unspecified atom stereocenters. The van der Waals surface area contributed by atoms with Crippen LogP contribution in [0.1, 0.15) is 50.5 Å². The second kappa shape index (κ2) is 9.33. The molecule has 0 aromatic heterocycles. The summed E-state index contributed by atoms with van der Waals surface area (Å²) in [5.41, 5.74) is -0.321. The zero-order chi connectivity index (χ0) is 23.6. The molecule has 1 aliphatic carbocycles. The summed E-state index contributed by atoms with van der Waals surface area (Å²) in [5, 5.41) is 7.12. The number of carboxylic acid groups (broad SMARTS) is 1. The summed E-state index contributed by atoms with van der Waals surface area (Å²) < 4.78 is 59.0. The van der Waals surface area contributed by atoms with Crippen LogP contribution in [-0.2, 0) is 16.1 Å². The molecule has 3 aliphatic rings. The maximum atomic E-state index is 14.1. The van der Waals surface area contributed by atoms with Crippen LogP contribution in [0.2, 0.25) is 0 Å². The summed E-state index contributed by atoms with van der Waals surface area (Å²) in [6, 6.07) is 6.74. The number of benzene rings is 1. The van der Waals surface area contributed by atoms with Crippen LogP contribution in [0.15, 0.2) is 24.3 Å². The number of amides is 1. The third-order valence-corrected chi connectivity index (χ3v) is 6.55. The number of carbonyl (C=O) groups is 2. The van der Waals surface area contributed by atoms with E-state index in [1.165, 1.54) is 12.1 Å². The van der Waals surface area contributed by atoms with Crippen molar-refractivity contribution in [3.8, 4) is 0 Å². The highest BCUT2D eigenvalue weighted by Crippen LogP contribution is 2.43. The highest BCUT2D eigenvalue weighted by molar-refractivity contribution is 5.88. The average Bonchev–Trinajstić information content (AvgIpc) is 3.42. The van der Waals surface area contributed by atoms with E-state index in [4.69, 9.17) is 9.90 Å². The molecule has 4 rings (SSSR count). The first kappa shape index (κ1) is 24.4. The van der Waals surface area contributed by atoms with Gasteiger partial charge in [-0.2, -0.15) is 13.2 Å². The number of carboxylic acids is 1. The third-order valence-electron chi connectivity index (χ3n) is 6.55. The van der Waals surface area contributed by atoms with Crippen LogP contribution >= 0.6 is 0 Å². The molecule has 1 spiro atoms. The predicted octanol–water partition coefficient (Wildman–Crippen LogP) is 4.31. The highest BCUT2D eigenvalue weighted by atomic mass is 19.4. The number of hydrogen-bond donors (Lipinski definition) is 1. The van der Waals surface area contributed by atoms with E-state index in [2.05, 4.69) is 4.90 Å². The monoisotopic (exact) mass is 462 g/mol. The minimum Gasteiger partial charge on any atom is -0.475 e. The van der Waals surface area contributed by atoms with Crippen LogP contribution in [0.3, 0.4) is 0 Å². The van der Waals surface area contributed by atoms with Crippen molar-refractivity contribution in [1.29, 1.82) is 0 Å². The number of carbonyl (C=O) groups excluding carboxylic acids is 1. The molecule has 32 heavy (non-hydrogen) atoms. The number of alkyl halides is 4. The Hall–Kier alpha value is -2.23. The zero-order valence-electron chi connectivity index (χ0n) is 17.6. The van der Waals surface area contributed by atoms with Crippen LogP contribution in [0.5, 0.6) is 0 Å². The maximum absolute atomic E-state index is 14.1. The van der Waals surface area contributed by atoms with Crippen molar-refractivity contribution in [3.05, 3.63) is 35.6 Å². The number of rotatable bonds is 3. The van der Waals surface area contributed by atoms with E-state index in [0.29, 0.717) is 25.9 Å². The van der Waals surface area contributed by atoms with Gasteiger partial charge in [0.2, 0.25) is 0 Å². The number of halogens is 5. The second-order valence-electron chi connectivity index (χ2n) is 8.79. The van der Waals surface area contributed by atoms with Crippen LogP contribution in [0.4, 0.5) is 22.0 Å². The van der Waals surface area contributed by atoms with Gasteiger partial charge in [0.05, 0.1) is 0 Å². The van der Waals surface area contributed by atoms with E-state index < -0.39 is 17.8 Å². The molecule has 1 N–H and O–H groups in total. The first-order chi connectivity index (χ1) is 15.0. The Balaban J connectivity index is 0.000000360. The Morgan fingerprint density at radius 3 is 2.03 bits per heavy atom. The lowest BCUT2D eigenvalue weighted by molar-refractivity contribution is -0.192. The van der Waals surface area contributed by atoms with Crippen molar-refractivity contribution in [2.75, 3.05) is 19.6 Å². The predicted molar refractivity (Wildman–Crippen MR) is 106 cm³/mol. The molecule has 2 saturated heterocycles. The number of aliphatic carboxylic acids is 1. The second-order valence-corrected chi connectivity index (χ2v) is 8.79. The lowest BCUT2D eigenvalue weighted by atomic mass is 9.87. The molecule has 1 atom stereocenters. The van der Waals surface area contributed by atoms with E-state index in [0.717, 1.165) is 50.8 Å². The highest BCUT2D eigenvalue weighted by Gasteiger charge is 2.53. The van der Waals surface area contributed by atoms with Crippen LogP contribution in [0.25, 0.3) is 0 Å². The van der Waals surface area contributed by atoms with E-state index >= 15 is 0 Å². The number of nitrogens with zero attached hydrogens (tertiary/aromatic N) is 2. The van der Waals surface area contributed by atoms with Gasteiger partial charge in [0.25, 0.3) is 5.91 Å². The van der Waals surface area contributed by atoms with E-state index in [1.54, 1.807) is 4.90 Å². The molecule has 178 valence electrons. The Bertz CT molecular complexity index is 826. The van der Waals surface area contributed by atoms with Gasteiger partial charge in [0, 0.05) is 25.2 Å². The van der Waals surface area contributed by atoms with Crippen LogP contribution in [0, 0.1) is 5.82 Å². The van der Waals surface area contributed by atoms with Gasteiger partial charge < -0.3 is 10.0 Å². The van der Waals surface area contributed by atoms with Crippen molar-refractivity contribution < 1.29 is 36.6 Å². The Kier molecular flexibility index (Phi) is 7.12. The van der Waals surface area contributed by atoms with E-state index in [9.17, 15) is 26.7 Å². The molecule has 0 radical (unpaired) electrons. The lowest BCUT2D eigenvalue weighted by Crippen LogP contribution is -2.45. The van der Waals surface area contributed by atoms with Crippen LogP contribution in [-0.4, -0.2) is 63.8 Å². The van der Waals surface area contributed by atoms with Gasteiger partial charge in [-0.05, 0) is 69.2 Å². The summed E-state index contributed by atoms with van der Waals surface area (Å²) in [5.74, 6) is -3.25. The molecule has 2 heterocycles. The van der Waals surface area contributed by atoms with Gasteiger partial charge in [0.15, 0.2) is 5.67 Å². The molecule has 1 aromatic rings. The Labute approximate surface area is 183 Å². The van der Waals surface area contributed by atoms with Gasteiger partial charge in [0.1, 0.15) is 5.82 Å². The first-order valence-electron chi connectivity index (χ1n) is 10.7. The first-order valence-corrected chi connectivity index (χ1v) is 10.7. The topological polar surface area (TPSA) is 60.9 Å². The minimum atomic E-state index is -5.08. The molecule has 1 amide bonds. The van der Waals surface area contributed by atoms with E-state index in [-0.39, 0.29) is 17.3 Å². The Morgan fingerprint density at radius 2 is 1.50 bits per heavy atom. The smallest absolute Gasteiger partial charge is 0.475 e. The third kappa shape index (κ3) is 5.76. The molecule has 3 fully saturated rings. The number of likely N-dealkylation sites (tertiary alicyclic amines) is 2. The molecular formula is C22H27F5N2O3. The van der Waals surface area contributed by atoms with Gasteiger partial charge in [-0.25, -0.2) is 13.6 Å². The fourth-order valence-corrected chi connectivity index (χ4v) is 4.61. The Morgan fingerprint density at radius 1 is 0.938 bits per heavy atom. The summed E-state index contributed by atoms with van der Waals surface area (Å²) in [7, 11) is 0. The SMILES string of the molecule is O=C(N1CCCC2(CCCN2Cc2ccc(F)cc2)CC1)C1(F)CC1.O=C(O)C(F)(F)F. The molecule has 2 aliphatic heterocycles. The van der Waals surface area contributed by atoms with Gasteiger partial charge in [-0.1, -0.05) is 12.1 Å². The van der Waals surface area contributed by atoms with Crippen molar-refractivity contribution in [2.24, 2.45) is 0 Å². The normalized spacial score (nSPS) is 25.1. The van der Waals surface area contributed by atoms with Gasteiger partial charge >= 0.3 is 12.1 Å². The quantitative estimate of drug-likeness (QED) is 0.681. The van der Waals surface area contributed by atoms with Crippen molar-refractivity contribution in [3.63, 3.8) is 0 Å². The molecule has 1 saturated carbocycles. The molecular weight excluding hydrogens is 435 g/mol. The van der Waals surface area contributed by atoms with Crippen LogP contribution < -0.4 is 0 Å². The van der Waals surface area contributed by atoms with Crippen molar-refractivity contribution in [1.82, 2.24) is 9.80 Å². The van der Waals surface area contributed by atoms with E-state index in [1.807, 2.05) is 12.1 Å². The van der Waals surface area contributed by atoms with Crippen molar-refractivity contribution >= 4 is 11.9 Å². The van der Waals surface area contributed by atoms with Crippen molar-refractivity contribution in [2.45, 2.75) is 68.9 Å². The van der Waals surface area contributed by atoms with Gasteiger partial charge in [-0.3, -0.25) is 9.69 Å². The minimum absolute atomic E-state index is 0.108. The fraction of sp³-hybridized carbons (Fsp3) is 0.636. The molecule has 5 nitrogen and oxygen atoms in total. The molecule has 0 bridgehead atoms. The summed E-state index contributed by atoms with van der Waals surface area (Å²) >= 11 is 0. The standard InChI is InChI=1S/C20H26F2N2O.C2HF3O2/c21-17-5-3-16(4-6-17)15-24-13-2-8-19(24)7-1-12-23(14-11-19)18(25)20(22)9-10-20;3-2(4,5)1(6)7/h3-6H,1-2,7-15H2;(H,6,7). The van der Waals surface area contributed by atoms with Gasteiger partial charge in [-0.15, -0.1) is 0 Å². The number of hydrogen-bond acceptors (Lipinski definition) is 3. The lowest BCUT2D eigenvalue weighted by Gasteiger charge is -2.38. The fourth-order valence-electron chi connectivity index (χ4n) is 4.61. The summed E-state index contributed by atoms with van der Waals surface area (Å²) in [6.45, 7) is 3.20. The summed E-state index contributed by atoms with van der Waals surface area (Å²) in [6.07, 6.45) is 0.891. The molecule has 1 aromatic carbocycles. The largest absolute Gasteiger partial charge is 0.490 e. The zero-order valence-corrected chi connectivity index (χ0v) is 17.6. The summed E-state index contributed by atoms with van der Waals surface area (Å²) in [4.78, 5) is 25.5.